The average molecular weight is 289 g/mol. The van der Waals surface area contributed by atoms with E-state index in [0.29, 0.717) is 20.0 Å². The number of rotatable bonds is 6. The lowest BCUT2D eigenvalue weighted by molar-refractivity contribution is 0.106. The summed E-state index contributed by atoms with van der Waals surface area (Å²) in [6.07, 6.45) is 0. The van der Waals surface area contributed by atoms with Crippen molar-refractivity contribution in [1.82, 2.24) is 5.32 Å². The number of fused-ring (bicyclic) bond motifs is 1. The van der Waals surface area contributed by atoms with Gasteiger partial charge in [-0.25, -0.2) is 0 Å². The van der Waals surface area contributed by atoms with Crippen LogP contribution in [0.25, 0.3) is 0 Å². The summed E-state index contributed by atoms with van der Waals surface area (Å²) < 4.78 is 22.0. The molecule has 0 unspecified atom stereocenters. The fourth-order valence-electron chi connectivity index (χ4n) is 2.30. The fourth-order valence-corrected chi connectivity index (χ4v) is 2.30. The molecule has 0 saturated heterocycles. The van der Waals surface area contributed by atoms with Crippen molar-refractivity contribution in [1.29, 1.82) is 0 Å². The van der Waals surface area contributed by atoms with Crippen LogP contribution in [0.3, 0.4) is 0 Å². The minimum Gasteiger partial charge on any atom is -0.465 e. The molecule has 3 rings (SSSR count). The summed E-state index contributed by atoms with van der Waals surface area (Å²) in [7, 11) is 1.90. The summed E-state index contributed by atoms with van der Waals surface area (Å²) in [5, 5.41) is 3.07. The highest BCUT2D eigenvalue weighted by atomic mass is 16.7. The van der Waals surface area contributed by atoms with E-state index in [9.17, 15) is 0 Å². The first-order valence-electron chi connectivity index (χ1n) is 6.95. The quantitative estimate of drug-likeness (QED) is 0.886. The third kappa shape index (κ3) is 3.20. The molecule has 1 aliphatic heterocycles. The maximum absolute atomic E-state index is 5.76. The molecule has 1 aliphatic rings. The highest BCUT2D eigenvalue weighted by Crippen LogP contribution is 2.32. The van der Waals surface area contributed by atoms with Crippen LogP contribution in [0.2, 0.25) is 0 Å². The van der Waals surface area contributed by atoms with E-state index in [4.69, 9.17) is 18.6 Å². The predicted octanol–water partition coefficient (Wildman–Crippen LogP) is 2.75. The molecule has 0 radical (unpaired) electrons. The summed E-state index contributed by atoms with van der Waals surface area (Å²) >= 11 is 0. The second kappa shape index (κ2) is 6.20. The van der Waals surface area contributed by atoms with Crippen LogP contribution in [0.5, 0.6) is 11.5 Å². The lowest BCUT2D eigenvalue weighted by Crippen LogP contribution is -2.03. The van der Waals surface area contributed by atoms with E-state index in [-0.39, 0.29) is 0 Å². The van der Waals surface area contributed by atoms with Crippen molar-refractivity contribution in [3.05, 3.63) is 46.9 Å². The SMILES string of the molecule is CNCc1cc(COCc2ccc3c(c2)OCO3)c(C)o1. The molecule has 5 nitrogen and oxygen atoms in total. The van der Waals surface area contributed by atoms with Gasteiger partial charge in [0.15, 0.2) is 11.5 Å². The minimum absolute atomic E-state index is 0.294. The van der Waals surface area contributed by atoms with Crippen molar-refractivity contribution in [2.75, 3.05) is 13.8 Å². The van der Waals surface area contributed by atoms with Crippen molar-refractivity contribution in [2.45, 2.75) is 26.7 Å². The molecular weight excluding hydrogens is 270 g/mol. The van der Waals surface area contributed by atoms with Crippen molar-refractivity contribution in [2.24, 2.45) is 0 Å². The van der Waals surface area contributed by atoms with Gasteiger partial charge in [0.2, 0.25) is 6.79 Å². The molecule has 0 bridgehead atoms. The van der Waals surface area contributed by atoms with Gasteiger partial charge < -0.3 is 23.9 Å². The first-order chi connectivity index (χ1) is 10.3. The topological polar surface area (TPSA) is 52.9 Å². The highest BCUT2D eigenvalue weighted by molar-refractivity contribution is 5.44. The first kappa shape index (κ1) is 14.0. The summed E-state index contributed by atoms with van der Waals surface area (Å²) in [6.45, 7) is 4.04. The van der Waals surface area contributed by atoms with Crippen molar-refractivity contribution < 1.29 is 18.6 Å². The van der Waals surface area contributed by atoms with E-state index in [1.807, 2.05) is 38.2 Å². The Morgan fingerprint density at radius 1 is 1.14 bits per heavy atom. The first-order valence-corrected chi connectivity index (χ1v) is 6.95. The maximum Gasteiger partial charge on any atom is 0.231 e. The van der Waals surface area contributed by atoms with Crippen LogP contribution in [0.15, 0.2) is 28.7 Å². The second-order valence-corrected chi connectivity index (χ2v) is 5.00. The van der Waals surface area contributed by atoms with Crippen LogP contribution < -0.4 is 14.8 Å². The average Bonchev–Trinajstić information content (AvgIpc) is 3.06. The van der Waals surface area contributed by atoms with Crippen LogP contribution in [-0.2, 0) is 24.5 Å². The zero-order valence-electron chi connectivity index (χ0n) is 12.3. The summed E-state index contributed by atoms with van der Waals surface area (Å²) in [4.78, 5) is 0. The van der Waals surface area contributed by atoms with Gasteiger partial charge in [-0.3, -0.25) is 0 Å². The molecule has 2 heterocycles. The molecule has 0 fully saturated rings. The number of aryl methyl sites for hydroxylation is 1. The molecule has 1 aromatic carbocycles. The van der Waals surface area contributed by atoms with E-state index in [2.05, 4.69) is 5.32 Å². The molecule has 21 heavy (non-hydrogen) atoms. The summed E-state index contributed by atoms with van der Waals surface area (Å²) in [5.74, 6) is 3.41. The van der Waals surface area contributed by atoms with E-state index in [0.717, 1.165) is 40.7 Å². The van der Waals surface area contributed by atoms with Gasteiger partial charge in [-0.05, 0) is 37.7 Å². The molecule has 0 aliphatic carbocycles. The fraction of sp³-hybridized carbons (Fsp3) is 0.375. The van der Waals surface area contributed by atoms with Gasteiger partial charge in [0.05, 0.1) is 19.8 Å². The number of nitrogens with one attached hydrogen (secondary N) is 1. The van der Waals surface area contributed by atoms with Crippen LogP contribution in [-0.4, -0.2) is 13.8 Å². The summed E-state index contributed by atoms with van der Waals surface area (Å²) in [5.41, 5.74) is 2.15. The molecule has 5 heteroatoms. The normalized spacial score (nSPS) is 12.9. The third-order valence-electron chi connectivity index (χ3n) is 3.39. The Morgan fingerprint density at radius 2 is 2.00 bits per heavy atom. The van der Waals surface area contributed by atoms with Crippen LogP contribution in [0, 0.1) is 6.92 Å². The Bertz CT molecular complexity index is 621. The lowest BCUT2D eigenvalue weighted by atomic mass is 10.2. The molecule has 2 aromatic rings. The second-order valence-electron chi connectivity index (χ2n) is 5.00. The molecule has 1 aromatic heterocycles. The van der Waals surface area contributed by atoms with Gasteiger partial charge in [-0.1, -0.05) is 6.07 Å². The Kier molecular flexibility index (Phi) is 4.13. The maximum atomic E-state index is 5.76. The zero-order chi connectivity index (χ0) is 14.7. The van der Waals surface area contributed by atoms with Gasteiger partial charge in [-0.2, -0.15) is 0 Å². The lowest BCUT2D eigenvalue weighted by Gasteiger charge is -2.04. The Balaban J connectivity index is 1.56. The number of benzene rings is 1. The Labute approximate surface area is 123 Å². The zero-order valence-corrected chi connectivity index (χ0v) is 12.3. The van der Waals surface area contributed by atoms with Crippen LogP contribution in [0.4, 0.5) is 0 Å². The number of hydrogen-bond donors (Lipinski definition) is 1. The summed E-state index contributed by atoms with van der Waals surface area (Å²) in [6, 6.07) is 7.89. The molecule has 0 spiro atoms. The van der Waals surface area contributed by atoms with Crippen molar-refractivity contribution >= 4 is 0 Å². The van der Waals surface area contributed by atoms with Crippen molar-refractivity contribution in [3.8, 4) is 11.5 Å². The molecular formula is C16H19NO4. The molecule has 0 atom stereocenters. The number of ether oxygens (including phenoxy) is 3. The van der Waals surface area contributed by atoms with E-state index >= 15 is 0 Å². The Morgan fingerprint density at radius 3 is 2.86 bits per heavy atom. The molecule has 1 N–H and O–H groups in total. The van der Waals surface area contributed by atoms with Crippen molar-refractivity contribution in [3.63, 3.8) is 0 Å². The number of furan rings is 1. The smallest absolute Gasteiger partial charge is 0.231 e. The third-order valence-corrected chi connectivity index (χ3v) is 3.39. The van der Waals surface area contributed by atoms with Gasteiger partial charge in [0.25, 0.3) is 0 Å². The van der Waals surface area contributed by atoms with E-state index < -0.39 is 0 Å². The van der Waals surface area contributed by atoms with Gasteiger partial charge in [0.1, 0.15) is 11.5 Å². The standard InChI is InChI=1S/C16H19NO4/c1-11-13(6-14(21-11)7-17-2)9-18-8-12-3-4-15-16(5-12)20-10-19-15/h3-6,17H,7-10H2,1-2H3. The highest BCUT2D eigenvalue weighted by Gasteiger charge is 2.13. The van der Waals surface area contributed by atoms with Crippen LogP contribution >= 0.6 is 0 Å². The van der Waals surface area contributed by atoms with Gasteiger partial charge in [-0.15, -0.1) is 0 Å². The molecule has 0 saturated carbocycles. The van der Waals surface area contributed by atoms with Gasteiger partial charge in [0, 0.05) is 5.56 Å². The van der Waals surface area contributed by atoms with Gasteiger partial charge >= 0.3 is 0 Å². The monoisotopic (exact) mass is 289 g/mol. The molecule has 0 amide bonds. The predicted molar refractivity (Wildman–Crippen MR) is 77.3 cm³/mol. The van der Waals surface area contributed by atoms with Crippen LogP contribution in [0.1, 0.15) is 22.6 Å². The van der Waals surface area contributed by atoms with E-state index in [1.54, 1.807) is 0 Å². The number of hydrogen-bond acceptors (Lipinski definition) is 5. The minimum atomic E-state index is 0.294. The molecule has 112 valence electrons. The largest absolute Gasteiger partial charge is 0.465 e. The Hall–Kier alpha value is -1.98. The van der Waals surface area contributed by atoms with E-state index in [1.165, 1.54) is 0 Å².